The van der Waals surface area contributed by atoms with Crippen LogP contribution in [0.15, 0.2) is 30.5 Å². The van der Waals surface area contributed by atoms with Gasteiger partial charge in [-0.25, -0.2) is 4.98 Å². The van der Waals surface area contributed by atoms with Crippen molar-refractivity contribution in [3.63, 3.8) is 0 Å². The molecule has 0 saturated carbocycles. The third-order valence-electron chi connectivity index (χ3n) is 2.56. The number of nitrogens with one attached hydrogen (secondary N) is 1. The second kappa shape index (κ2) is 7.54. The molecule has 1 amide bonds. The molecule has 2 aromatic rings. The van der Waals surface area contributed by atoms with Gasteiger partial charge in [0, 0.05) is 12.1 Å². The van der Waals surface area contributed by atoms with E-state index < -0.39 is 0 Å². The number of amides is 1. The summed E-state index contributed by atoms with van der Waals surface area (Å²) in [7, 11) is 1.51. The molecule has 2 rings (SSSR count). The van der Waals surface area contributed by atoms with Crippen molar-refractivity contribution in [1.29, 1.82) is 0 Å². The Morgan fingerprint density at radius 1 is 1.18 bits per heavy atom. The zero-order chi connectivity index (χ0) is 16.1. The molecular formula is C14H11Cl3N2O3. The first-order valence-corrected chi connectivity index (χ1v) is 7.20. The van der Waals surface area contributed by atoms with Gasteiger partial charge in [-0.3, -0.25) is 4.79 Å². The lowest BCUT2D eigenvalue weighted by atomic mass is 10.3. The quantitative estimate of drug-likeness (QED) is 0.816. The van der Waals surface area contributed by atoms with Gasteiger partial charge in [-0.2, -0.15) is 0 Å². The van der Waals surface area contributed by atoms with Gasteiger partial charge in [0.05, 0.1) is 34.1 Å². The Bertz CT molecular complexity index is 678. The van der Waals surface area contributed by atoms with Crippen LogP contribution in [-0.2, 0) is 4.79 Å². The predicted molar refractivity (Wildman–Crippen MR) is 86.4 cm³/mol. The summed E-state index contributed by atoms with van der Waals surface area (Å²) in [4.78, 5) is 15.8. The van der Waals surface area contributed by atoms with Crippen LogP contribution in [0.2, 0.25) is 15.1 Å². The zero-order valence-electron chi connectivity index (χ0n) is 11.4. The van der Waals surface area contributed by atoms with Crippen molar-refractivity contribution >= 4 is 46.4 Å². The number of hydrogen-bond donors (Lipinski definition) is 1. The fourth-order valence-electron chi connectivity index (χ4n) is 1.53. The molecule has 1 heterocycles. The van der Waals surface area contributed by atoms with E-state index in [4.69, 9.17) is 44.3 Å². The minimum Gasteiger partial charge on any atom is -0.482 e. The van der Waals surface area contributed by atoms with Gasteiger partial charge in [0.15, 0.2) is 6.61 Å². The summed E-state index contributed by atoms with van der Waals surface area (Å²) in [6.45, 7) is -0.232. The van der Waals surface area contributed by atoms with E-state index in [2.05, 4.69) is 10.3 Å². The molecule has 8 heteroatoms. The number of pyridine rings is 1. The Balaban J connectivity index is 1.93. The van der Waals surface area contributed by atoms with Crippen LogP contribution < -0.4 is 14.8 Å². The number of carbonyl (C=O) groups excluding carboxylic acids is 1. The molecule has 0 bridgehead atoms. The molecule has 0 spiro atoms. The van der Waals surface area contributed by atoms with Gasteiger partial charge in [-0.05, 0) is 12.1 Å². The van der Waals surface area contributed by atoms with Crippen LogP contribution in [0.3, 0.4) is 0 Å². The van der Waals surface area contributed by atoms with Crippen LogP contribution in [0.4, 0.5) is 5.69 Å². The molecule has 22 heavy (non-hydrogen) atoms. The Hall–Kier alpha value is -1.69. The molecule has 0 aliphatic carbocycles. The molecule has 0 saturated heterocycles. The molecule has 0 unspecified atom stereocenters. The highest BCUT2D eigenvalue weighted by molar-refractivity contribution is 6.43. The maximum Gasteiger partial charge on any atom is 0.262 e. The molecule has 5 nitrogen and oxygen atoms in total. The van der Waals surface area contributed by atoms with E-state index in [-0.39, 0.29) is 23.3 Å². The lowest BCUT2D eigenvalue weighted by molar-refractivity contribution is -0.118. The molecule has 0 radical (unpaired) electrons. The predicted octanol–water partition coefficient (Wildman–Crippen LogP) is 4.07. The van der Waals surface area contributed by atoms with Crippen LogP contribution in [0, 0.1) is 0 Å². The summed E-state index contributed by atoms with van der Waals surface area (Å²) in [5.41, 5.74) is 0.523. The van der Waals surface area contributed by atoms with Gasteiger partial charge in [0.25, 0.3) is 5.91 Å². The molecule has 1 aromatic heterocycles. The number of ether oxygens (including phenoxy) is 2. The topological polar surface area (TPSA) is 60.5 Å². The van der Waals surface area contributed by atoms with Crippen molar-refractivity contribution in [2.24, 2.45) is 0 Å². The van der Waals surface area contributed by atoms with Crippen LogP contribution in [0.1, 0.15) is 0 Å². The average Bonchev–Trinajstić information content (AvgIpc) is 2.50. The van der Waals surface area contributed by atoms with Crippen molar-refractivity contribution < 1.29 is 14.3 Å². The Morgan fingerprint density at radius 2 is 1.91 bits per heavy atom. The number of nitrogens with zero attached hydrogens (tertiary/aromatic N) is 1. The standard InChI is InChI=1S/C14H11Cl3N2O3/c1-21-14-3-2-8(6-18-14)19-13(20)7-22-12-5-10(16)9(15)4-11(12)17/h2-6H,7H2,1H3,(H,19,20). The maximum atomic E-state index is 11.8. The maximum absolute atomic E-state index is 11.8. The van der Waals surface area contributed by atoms with E-state index in [9.17, 15) is 4.79 Å². The van der Waals surface area contributed by atoms with Crippen LogP contribution in [-0.4, -0.2) is 24.6 Å². The van der Waals surface area contributed by atoms with E-state index in [1.54, 1.807) is 12.1 Å². The smallest absolute Gasteiger partial charge is 0.262 e. The normalized spacial score (nSPS) is 10.2. The molecule has 0 aliphatic heterocycles. The summed E-state index contributed by atoms with van der Waals surface area (Å²) < 4.78 is 10.2. The lowest BCUT2D eigenvalue weighted by Crippen LogP contribution is -2.20. The molecule has 1 N–H and O–H groups in total. The zero-order valence-corrected chi connectivity index (χ0v) is 13.7. The monoisotopic (exact) mass is 360 g/mol. The summed E-state index contributed by atoms with van der Waals surface area (Å²) >= 11 is 17.6. The Kier molecular flexibility index (Phi) is 5.71. The number of aromatic nitrogens is 1. The summed E-state index contributed by atoms with van der Waals surface area (Å²) in [6, 6.07) is 6.20. The van der Waals surface area contributed by atoms with Gasteiger partial charge in [-0.15, -0.1) is 0 Å². The third kappa shape index (κ3) is 4.40. The van der Waals surface area contributed by atoms with E-state index >= 15 is 0 Å². The highest BCUT2D eigenvalue weighted by Gasteiger charge is 2.10. The number of hydrogen-bond acceptors (Lipinski definition) is 4. The Labute approximate surface area is 142 Å². The highest BCUT2D eigenvalue weighted by atomic mass is 35.5. The molecule has 0 aliphatic rings. The second-order valence-electron chi connectivity index (χ2n) is 4.12. The van der Waals surface area contributed by atoms with Gasteiger partial charge in [-0.1, -0.05) is 34.8 Å². The summed E-state index contributed by atoms with van der Waals surface area (Å²) in [6.07, 6.45) is 1.48. The number of methoxy groups -OCH3 is 1. The fraction of sp³-hybridized carbons (Fsp3) is 0.143. The third-order valence-corrected chi connectivity index (χ3v) is 3.58. The first-order valence-electron chi connectivity index (χ1n) is 6.07. The highest BCUT2D eigenvalue weighted by Crippen LogP contribution is 2.33. The SMILES string of the molecule is COc1ccc(NC(=O)COc2cc(Cl)c(Cl)cc2Cl)cn1. The number of carbonyl (C=O) groups is 1. The molecule has 1 aromatic carbocycles. The van der Waals surface area contributed by atoms with Crippen LogP contribution in [0.5, 0.6) is 11.6 Å². The van der Waals surface area contributed by atoms with Crippen molar-refractivity contribution in [3.8, 4) is 11.6 Å². The second-order valence-corrected chi connectivity index (χ2v) is 5.34. The minimum absolute atomic E-state index is 0.232. The molecule has 0 fully saturated rings. The van der Waals surface area contributed by atoms with Gasteiger partial charge in [0.2, 0.25) is 5.88 Å². The van der Waals surface area contributed by atoms with Crippen molar-refractivity contribution in [3.05, 3.63) is 45.5 Å². The first kappa shape index (κ1) is 16.7. The van der Waals surface area contributed by atoms with Gasteiger partial charge in [0.1, 0.15) is 5.75 Å². The number of rotatable bonds is 5. The number of anilines is 1. The van der Waals surface area contributed by atoms with Gasteiger partial charge >= 0.3 is 0 Å². The first-order chi connectivity index (χ1) is 10.5. The van der Waals surface area contributed by atoms with E-state index in [0.717, 1.165) is 0 Å². The van der Waals surface area contributed by atoms with Crippen LogP contribution in [0.25, 0.3) is 0 Å². The fourth-order valence-corrected chi connectivity index (χ4v) is 2.12. The van der Waals surface area contributed by atoms with E-state index in [0.29, 0.717) is 21.6 Å². The van der Waals surface area contributed by atoms with E-state index in [1.807, 2.05) is 0 Å². The summed E-state index contributed by atoms with van der Waals surface area (Å²) in [5.74, 6) is 0.366. The molecular weight excluding hydrogens is 351 g/mol. The van der Waals surface area contributed by atoms with Crippen molar-refractivity contribution in [2.75, 3.05) is 19.0 Å². The average molecular weight is 362 g/mol. The van der Waals surface area contributed by atoms with Crippen molar-refractivity contribution in [1.82, 2.24) is 4.98 Å². The van der Waals surface area contributed by atoms with Crippen LogP contribution >= 0.6 is 34.8 Å². The van der Waals surface area contributed by atoms with Gasteiger partial charge < -0.3 is 14.8 Å². The number of benzene rings is 1. The largest absolute Gasteiger partial charge is 0.482 e. The number of halogens is 3. The lowest BCUT2D eigenvalue weighted by Gasteiger charge is -2.10. The Morgan fingerprint density at radius 3 is 2.55 bits per heavy atom. The molecule has 116 valence electrons. The summed E-state index contributed by atoms with van der Waals surface area (Å²) in [5, 5.41) is 3.50. The minimum atomic E-state index is -0.367. The molecule has 0 atom stereocenters. The van der Waals surface area contributed by atoms with E-state index in [1.165, 1.54) is 25.4 Å². The van der Waals surface area contributed by atoms with Crippen molar-refractivity contribution in [2.45, 2.75) is 0 Å².